The Morgan fingerprint density at radius 1 is 1.12 bits per heavy atom. The van der Waals surface area contributed by atoms with E-state index in [4.69, 9.17) is 9.47 Å². The summed E-state index contributed by atoms with van der Waals surface area (Å²) in [6, 6.07) is 11.0. The van der Waals surface area contributed by atoms with Crippen molar-refractivity contribution in [2.24, 2.45) is 5.92 Å². The van der Waals surface area contributed by atoms with Gasteiger partial charge < -0.3 is 19.7 Å². The SMILES string of the molecule is COc1ccc(N2CC(C(=O)Nc3ccn(CCc4ccncc4)n3)CC2=O)cc1OC. The third-order valence-electron chi connectivity index (χ3n) is 5.45. The van der Waals surface area contributed by atoms with Crippen molar-refractivity contribution in [1.29, 1.82) is 0 Å². The number of aromatic nitrogens is 3. The van der Waals surface area contributed by atoms with Crippen molar-refractivity contribution >= 4 is 23.3 Å². The first-order chi connectivity index (χ1) is 15.6. The van der Waals surface area contributed by atoms with Crippen molar-refractivity contribution in [3.63, 3.8) is 0 Å². The van der Waals surface area contributed by atoms with Crippen LogP contribution in [0.5, 0.6) is 11.5 Å². The van der Waals surface area contributed by atoms with Gasteiger partial charge in [-0.15, -0.1) is 0 Å². The van der Waals surface area contributed by atoms with Crippen molar-refractivity contribution in [3.05, 3.63) is 60.6 Å². The average molecular weight is 435 g/mol. The van der Waals surface area contributed by atoms with E-state index < -0.39 is 5.92 Å². The molecule has 3 aromatic rings. The van der Waals surface area contributed by atoms with E-state index in [1.807, 2.05) is 18.3 Å². The first-order valence-corrected chi connectivity index (χ1v) is 10.3. The summed E-state index contributed by atoms with van der Waals surface area (Å²) in [7, 11) is 3.10. The van der Waals surface area contributed by atoms with E-state index >= 15 is 0 Å². The molecule has 0 saturated carbocycles. The van der Waals surface area contributed by atoms with Gasteiger partial charge in [-0.2, -0.15) is 5.10 Å². The minimum atomic E-state index is -0.461. The molecule has 9 heteroatoms. The Balaban J connectivity index is 1.35. The van der Waals surface area contributed by atoms with Crippen molar-refractivity contribution < 1.29 is 19.1 Å². The molecule has 3 heterocycles. The summed E-state index contributed by atoms with van der Waals surface area (Å²) in [5.74, 6) is 0.792. The molecule has 166 valence electrons. The van der Waals surface area contributed by atoms with Crippen molar-refractivity contribution in [2.45, 2.75) is 19.4 Å². The van der Waals surface area contributed by atoms with E-state index in [1.165, 1.54) is 5.56 Å². The number of methoxy groups -OCH3 is 2. The molecule has 1 aromatic carbocycles. The topological polar surface area (TPSA) is 98.6 Å². The highest BCUT2D eigenvalue weighted by Crippen LogP contribution is 2.34. The fourth-order valence-electron chi connectivity index (χ4n) is 3.70. The molecule has 2 aromatic heterocycles. The monoisotopic (exact) mass is 435 g/mol. The number of ether oxygens (including phenoxy) is 2. The van der Waals surface area contributed by atoms with Crippen LogP contribution in [-0.2, 0) is 22.6 Å². The maximum atomic E-state index is 12.8. The van der Waals surface area contributed by atoms with Gasteiger partial charge in [0, 0.05) is 55.9 Å². The van der Waals surface area contributed by atoms with Gasteiger partial charge in [-0.25, -0.2) is 0 Å². The predicted octanol–water partition coefficient (Wildman–Crippen LogP) is 2.53. The second-order valence-electron chi connectivity index (χ2n) is 7.50. The molecule has 1 N–H and O–H groups in total. The van der Waals surface area contributed by atoms with Gasteiger partial charge in [0.25, 0.3) is 0 Å². The van der Waals surface area contributed by atoms with Gasteiger partial charge in [0.2, 0.25) is 11.8 Å². The van der Waals surface area contributed by atoms with Crippen molar-refractivity contribution in [2.75, 3.05) is 31.0 Å². The Kier molecular flexibility index (Phi) is 6.34. The van der Waals surface area contributed by atoms with Gasteiger partial charge in [0.1, 0.15) is 0 Å². The Hall–Kier alpha value is -3.88. The van der Waals surface area contributed by atoms with Crippen LogP contribution in [0, 0.1) is 5.92 Å². The molecule has 1 aliphatic heterocycles. The quantitative estimate of drug-likeness (QED) is 0.584. The maximum absolute atomic E-state index is 12.8. The fourth-order valence-corrected chi connectivity index (χ4v) is 3.70. The molecule has 1 unspecified atom stereocenters. The van der Waals surface area contributed by atoms with E-state index in [9.17, 15) is 9.59 Å². The average Bonchev–Trinajstić information content (AvgIpc) is 3.44. The second-order valence-corrected chi connectivity index (χ2v) is 7.50. The molecule has 0 spiro atoms. The van der Waals surface area contributed by atoms with Crippen LogP contribution < -0.4 is 19.7 Å². The summed E-state index contributed by atoms with van der Waals surface area (Å²) in [6.45, 7) is 0.984. The molecule has 1 atom stereocenters. The lowest BCUT2D eigenvalue weighted by atomic mass is 10.1. The highest BCUT2D eigenvalue weighted by molar-refractivity contribution is 6.03. The molecular formula is C23H25N5O4. The van der Waals surface area contributed by atoms with Crippen LogP contribution in [-0.4, -0.2) is 47.3 Å². The molecule has 0 aliphatic carbocycles. The number of benzene rings is 1. The van der Waals surface area contributed by atoms with Crippen LogP contribution in [0.15, 0.2) is 55.0 Å². The zero-order chi connectivity index (χ0) is 22.5. The smallest absolute Gasteiger partial charge is 0.231 e. The molecule has 9 nitrogen and oxygen atoms in total. The van der Waals surface area contributed by atoms with Crippen LogP contribution >= 0.6 is 0 Å². The largest absolute Gasteiger partial charge is 0.493 e. The first kappa shape index (κ1) is 21.4. The van der Waals surface area contributed by atoms with Gasteiger partial charge in [0.15, 0.2) is 17.3 Å². The van der Waals surface area contributed by atoms with E-state index in [-0.39, 0.29) is 18.2 Å². The van der Waals surface area contributed by atoms with Gasteiger partial charge >= 0.3 is 0 Å². The maximum Gasteiger partial charge on any atom is 0.231 e. The minimum absolute atomic E-state index is 0.111. The number of hydrogen-bond acceptors (Lipinski definition) is 6. The van der Waals surface area contributed by atoms with Crippen LogP contribution in [0.4, 0.5) is 11.5 Å². The van der Waals surface area contributed by atoms with Crippen LogP contribution in [0.2, 0.25) is 0 Å². The van der Waals surface area contributed by atoms with Gasteiger partial charge in [0.05, 0.1) is 20.1 Å². The summed E-state index contributed by atoms with van der Waals surface area (Å²) in [5, 5.41) is 7.25. The zero-order valence-corrected chi connectivity index (χ0v) is 18.0. The molecular weight excluding hydrogens is 410 g/mol. The minimum Gasteiger partial charge on any atom is -0.493 e. The summed E-state index contributed by atoms with van der Waals surface area (Å²) in [5.41, 5.74) is 1.84. The highest BCUT2D eigenvalue weighted by atomic mass is 16.5. The Bertz CT molecular complexity index is 1100. The van der Waals surface area contributed by atoms with E-state index in [1.54, 1.807) is 60.5 Å². The van der Waals surface area contributed by atoms with Crippen LogP contribution in [0.3, 0.4) is 0 Å². The molecule has 1 fully saturated rings. The molecule has 4 rings (SSSR count). The molecule has 1 aliphatic rings. The van der Waals surface area contributed by atoms with Crippen LogP contribution in [0.25, 0.3) is 0 Å². The third kappa shape index (κ3) is 4.72. The number of carbonyl (C=O) groups excluding carboxylic acids is 2. The normalized spacial score (nSPS) is 15.6. The molecule has 2 amide bonds. The highest BCUT2D eigenvalue weighted by Gasteiger charge is 2.35. The lowest BCUT2D eigenvalue weighted by molar-refractivity contribution is -0.122. The van der Waals surface area contributed by atoms with E-state index in [0.29, 0.717) is 36.1 Å². The number of carbonyl (C=O) groups is 2. The Morgan fingerprint density at radius 3 is 2.66 bits per heavy atom. The van der Waals surface area contributed by atoms with Gasteiger partial charge in [-0.1, -0.05) is 0 Å². The second kappa shape index (κ2) is 9.51. The lowest BCUT2D eigenvalue weighted by Crippen LogP contribution is -2.28. The number of aryl methyl sites for hydroxylation is 2. The number of pyridine rings is 1. The lowest BCUT2D eigenvalue weighted by Gasteiger charge is -2.18. The molecule has 0 bridgehead atoms. The number of nitrogens with one attached hydrogen (secondary N) is 1. The number of rotatable bonds is 8. The summed E-state index contributed by atoms with van der Waals surface area (Å²) < 4.78 is 12.3. The van der Waals surface area contributed by atoms with Gasteiger partial charge in [-0.05, 0) is 36.2 Å². The van der Waals surface area contributed by atoms with Crippen LogP contribution in [0.1, 0.15) is 12.0 Å². The first-order valence-electron chi connectivity index (χ1n) is 10.3. The molecule has 0 radical (unpaired) electrons. The summed E-state index contributed by atoms with van der Waals surface area (Å²) in [6.07, 6.45) is 6.31. The predicted molar refractivity (Wildman–Crippen MR) is 119 cm³/mol. The Labute approximate surface area is 186 Å². The summed E-state index contributed by atoms with van der Waals surface area (Å²) >= 11 is 0. The third-order valence-corrected chi connectivity index (χ3v) is 5.45. The van der Waals surface area contributed by atoms with Gasteiger partial charge in [-0.3, -0.25) is 19.3 Å². The van der Waals surface area contributed by atoms with Crippen molar-refractivity contribution in [3.8, 4) is 11.5 Å². The molecule has 32 heavy (non-hydrogen) atoms. The van der Waals surface area contributed by atoms with E-state index in [0.717, 1.165) is 6.42 Å². The number of hydrogen-bond donors (Lipinski definition) is 1. The molecule has 1 saturated heterocycles. The Morgan fingerprint density at radius 2 is 1.91 bits per heavy atom. The number of anilines is 2. The number of amides is 2. The standard InChI is InChI=1S/C23H25N5O4/c1-31-19-4-3-18(14-20(19)32-2)28-15-17(13-22(28)29)23(30)25-21-8-12-27(26-21)11-7-16-5-9-24-10-6-16/h3-6,8-10,12,14,17H,7,11,13,15H2,1-2H3,(H,25,26,30). The van der Waals surface area contributed by atoms with Crippen molar-refractivity contribution in [1.82, 2.24) is 14.8 Å². The number of nitrogens with zero attached hydrogens (tertiary/aromatic N) is 4. The summed E-state index contributed by atoms with van der Waals surface area (Å²) in [4.78, 5) is 30.9. The van der Waals surface area contributed by atoms with E-state index in [2.05, 4.69) is 15.4 Å². The zero-order valence-electron chi connectivity index (χ0n) is 18.0. The fraction of sp³-hybridized carbons (Fsp3) is 0.304.